The molecule has 0 aliphatic carbocycles. The van der Waals surface area contributed by atoms with E-state index in [-0.39, 0.29) is 54.1 Å². The summed E-state index contributed by atoms with van der Waals surface area (Å²) in [5.41, 5.74) is 0.251. The lowest BCUT2D eigenvalue weighted by molar-refractivity contribution is -0.144. The van der Waals surface area contributed by atoms with Gasteiger partial charge in [-0.2, -0.15) is 5.26 Å². The topological polar surface area (TPSA) is 200 Å². The van der Waals surface area contributed by atoms with Crippen molar-refractivity contribution in [3.8, 4) is 23.1 Å². The third-order valence-electron chi connectivity index (χ3n) is 11.3. The number of rotatable bonds is 20. The molecule has 2 aliphatic heterocycles. The van der Waals surface area contributed by atoms with E-state index < -0.39 is 58.6 Å². The van der Waals surface area contributed by atoms with E-state index in [1.807, 2.05) is 51.1 Å². The van der Waals surface area contributed by atoms with Crippen LogP contribution in [0.2, 0.25) is 5.02 Å². The molecular weight excluding hydrogens is 905 g/mol. The first-order valence-corrected chi connectivity index (χ1v) is 22.7. The number of anilines is 2. The number of carbonyl (C=O) groups excluding carboxylic acids is 4. The van der Waals surface area contributed by atoms with E-state index in [2.05, 4.69) is 15.6 Å². The van der Waals surface area contributed by atoms with Crippen LogP contribution in [-0.2, 0) is 35.2 Å². The molecule has 3 N–H and O–H groups in total. The van der Waals surface area contributed by atoms with E-state index in [9.17, 15) is 29.5 Å². The number of benzene rings is 3. The summed E-state index contributed by atoms with van der Waals surface area (Å²) in [4.78, 5) is 61.7. The molecule has 0 bridgehead atoms. The number of aliphatic hydroxyl groups is 1. The van der Waals surface area contributed by atoms with Crippen molar-refractivity contribution in [2.75, 3.05) is 49.4 Å². The van der Waals surface area contributed by atoms with Crippen molar-refractivity contribution in [2.24, 2.45) is 5.41 Å². The van der Waals surface area contributed by atoms with E-state index >= 15 is 4.39 Å². The van der Waals surface area contributed by atoms with Crippen LogP contribution in [0.15, 0.2) is 77.7 Å². The van der Waals surface area contributed by atoms with Crippen LogP contribution in [0, 0.1) is 22.6 Å². The van der Waals surface area contributed by atoms with E-state index in [0.29, 0.717) is 43.4 Å². The van der Waals surface area contributed by atoms with Gasteiger partial charge < -0.3 is 44.2 Å². The molecule has 3 atom stereocenters. The fourth-order valence-corrected chi connectivity index (χ4v) is 8.44. The maximum absolute atomic E-state index is 15.0. The van der Waals surface area contributed by atoms with E-state index in [4.69, 9.17) is 42.4 Å². The SMILES string of the molecule is CC(C)(C)[C@H](NC(=O)COCCCOCCCCOc1ccc(N2C(=S)N(c3cc(Cl)c(C#N)cc3F)C(=O)C2(C)C)cc1)C(=O)N1C[C@H](O)C[C@H]1C(=O)NCc1ccc(-c2cnco2)cc1. The van der Waals surface area contributed by atoms with E-state index in [1.54, 1.807) is 49.2 Å². The number of β-amino-alcohol motifs (C(OH)–C–C–N with tert-alkyl or cyclic N) is 1. The van der Waals surface area contributed by atoms with Gasteiger partial charge in [0.1, 0.15) is 41.9 Å². The number of unbranched alkanes of at least 4 members (excludes halogenated alkanes) is 1. The second-order valence-corrected chi connectivity index (χ2v) is 18.6. The number of aliphatic hydroxyl groups excluding tert-OH is 1. The lowest BCUT2D eigenvalue weighted by atomic mass is 9.85. The number of hydrogen-bond acceptors (Lipinski definition) is 12. The molecule has 0 spiro atoms. The van der Waals surface area contributed by atoms with Crippen LogP contribution in [0.5, 0.6) is 5.75 Å². The zero-order valence-corrected chi connectivity index (χ0v) is 39.6. The highest BCUT2D eigenvalue weighted by Gasteiger charge is 2.51. The van der Waals surface area contributed by atoms with Crippen LogP contribution in [0.4, 0.5) is 15.8 Å². The number of thiocarbonyl (C=S) groups is 1. The summed E-state index contributed by atoms with van der Waals surface area (Å²) < 4.78 is 37.6. The Morgan fingerprint density at radius 1 is 1.04 bits per heavy atom. The Bertz CT molecular complexity index is 2440. The number of amides is 4. The highest BCUT2D eigenvalue weighted by molar-refractivity contribution is 7.81. The number of nitriles is 1. The molecule has 0 saturated carbocycles. The third-order valence-corrected chi connectivity index (χ3v) is 12.0. The van der Waals surface area contributed by atoms with Gasteiger partial charge in [0.2, 0.25) is 17.7 Å². The Hall–Kier alpha value is -5.97. The van der Waals surface area contributed by atoms with Crippen molar-refractivity contribution in [1.82, 2.24) is 20.5 Å². The van der Waals surface area contributed by atoms with Crippen LogP contribution >= 0.6 is 23.8 Å². The second-order valence-electron chi connectivity index (χ2n) is 17.8. The summed E-state index contributed by atoms with van der Waals surface area (Å²) in [7, 11) is 0. The molecule has 0 unspecified atom stereocenters. The number of aromatic nitrogens is 1. The van der Waals surface area contributed by atoms with E-state index in [0.717, 1.165) is 34.9 Å². The molecule has 2 fully saturated rings. The first-order chi connectivity index (χ1) is 31.9. The molecule has 3 heterocycles. The number of halogens is 2. The number of hydrogen-bond donors (Lipinski definition) is 3. The quantitative estimate of drug-likeness (QED) is 0.0658. The van der Waals surface area contributed by atoms with Crippen LogP contribution in [0.25, 0.3) is 11.3 Å². The highest BCUT2D eigenvalue weighted by Crippen LogP contribution is 2.39. The molecule has 1 aromatic heterocycles. The van der Waals surface area contributed by atoms with Gasteiger partial charge >= 0.3 is 0 Å². The van der Waals surface area contributed by atoms with Gasteiger partial charge in [-0.05, 0) is 92.7 Å². The standard InChI is InChI=1S/C48H55ClFN7O9S/c1-47(2,3)42(44(61)55-27-34(58)22-39(55)43(60)53-25-30-9-11-31(12-10-30)40-26-52-29-66-40)54-41(59)28-64-19-8-18-63-17-6-7-20-65-35-15-13-33(14-16-35)57-46(67)56(45(62)48(57,4)5)38-23-36(49)32(24-51)21-37(38)50/h9-16,21,23,26,29,34,39,42,58H,6-8,17-20,22,25,27-28H2,1-5H3,(H,53,60)(H,54,59)/t34-,39+,42-/m1/s1. The van der Waals surface area contributed by atoms with Gasteiger partial charge in [0.25, 0.3) is 5.91 Å². The Balaban J connectivity index is 0.859. The molecule has 356 valence electrons. The Morgan fingerprint density at radius 3 is 2.40 bits per heavy atom. The minimum atomic E-state index is -1.14. The van der Waals surface area contributed by atoms with Gasteiger partial charge in [-0.25, -0.2) is 9.37 Å². The summed E-state index contributed by atoms with van der Waals surface area (Å²) in [6, 6.07) is 16.6. The maximum Gasteiger partial charge on any atom is 0.259 e. The highest BCUT2D eigenvalue weighted by atomic mass is 35.5. The number of ether oxygens (including phenoxy) is 3. The molecule has 19 heteroatoms. The van der Waals surface area contributed by atoms with Crippen molar-refractivity contribution in [3.05, 3.63) is 95.2 Å². The molecular formula is C48H55ClFN7O9S. The second kappa shape index (κ2) is 22.2. The van der Waals surface area contributed by atoms with Gasteiger partial charge in [0.15, 0.2) is 17.3 Å². The van der Waals surface area contributed by atoms with Gasteiger partial charge in [-0.3, -0.25) is 24.1 Å². The zero-order chi connectivity index (χ0) is 48.5. The Kier molecular flexibility index (Phi) is 16.7. The number of nitrogens with zero attached hydrogens (tertiary/aromatic N) is 5. The monoisotopic (exact) mass is 959 g/mol. The lowest BCUT2D eigenvalue weighted by Crippen LogP contribution is -2.58. The smallest absolute Gasteiger partial charge is 0.259 e. The van der Waals surface area contributed by atoms with E-state index in [1.165, 1.54) is 17.4 Å². The maximum atomic E-state index is 15.0. The van der Waals surface area contributed by atoms with Crippen molar-refractivity contribution < 1.29 is 47.3 Å². The molecule has 3 aromatic carbocycles. The molecule has 6 rings (SSSR count). The summed E-state index contributed by atoms with van der Waals surface area (Å²) >= 11 is 11.8. The van der Waals surface area contributed by atoms with Crippen molar-refractivity contribution >= 4 is 63.9 Å². The first-order valence-electron chi connectivity index (χ1n) is 21.9. The normalized spacial score (nSPS) is 17.4. The van der Waals surface area contributed by atoms with Gasteiger partial charge in [0, 0.05) is 50.6 Å². The van der Waals surface area contributed by atoms with Crippen molar-refractivity contribution in [3.63, 3.8) is 0 Å². The fourth-order valence-electron chi connectivity index (χ4n) is 7.73. The number of carbonyl (C=O) groups is 4. The minimum Gasteiger partial charge on any atom is -0.494 e. The molecule has 67 heavy (non-hydrogen) atoms. The third kappa shape index (κ3) is 12.3. The molecule has 2 saturated heterocycles. The fraction of sp³-hybridized carbons (Fsp3) is 0.438. The molecule has 0 radical (unpaired) electrons. The summed E-state index contributed by atoms with van der Waals surface area (Å²) in [6.45, 7) is 10.3. The number of oxazole rings is 1. The molecule has 4 amide bonds. The van der Waals surface area contributed by atoms with Gasteiger partial charge in [0.05, 0.1) is 35.2 Å². The Morgan fingerprint density at radius 2 is 1.73 bits per heavy atom. The molecule has 16 nitrogen and oxygen atoms in total. The van der Waals surface area contributed by atoms with Crippen LogP contribution in [0.1, 0.15) is 71.4 Å². The summed E-state index contributed by atoms with van der Waals surface area (Å²) in [5.74, 6) is -1.35. The van der Waals surface area contributed by atoms with Crippen LogP contribution < -0.4 is 25.2 Å². The van der Waals surface area contributed by atoms with Gasteiger partial charge in [-0.15, -0.1) is 0 Å². The predicted octanol–water partition coefficient (Wildman–Crippen LogP) is 6.31. The van der Waals surface area contributed by atoms with Crippen molar-refractivity contribution in [2.45, 2.75) is 90.6 Å². The first kappa shape index (κ1) is 50.4. The van der Waals surface area contributed by atoms with Crippen molar-refractivity contribution in [1.29, 1.82) is 5.26 Å². The van der Waals surface area contributed by atoms with Crippen LogP contribution in [0.3, 0.4) is 0 Å². The predicted molar refractivity (Wildman–Crippen MR) is 251 cm³/mol. The Labute approximate surface area is 399 Å². The van der Waals surface area contributed by atoms with Crippen LogP contribution in [-0.4, -0.2) is 107 Å². The lowest BCUT2D eigenvalue weighted by Gasteiger charge is -2.35. The zero-order valence-electron chi connectivity index (χ0n) is 38.1. The average Bonchev–Trinajstić information content (AvgIpc) is 4.02. The number of likely N-dealkylation sites (tertiary alicyclic amines) is 1. The van der Waals surface area contributed by atoms with Gasteiger partial charge in [-0.1, -0.05) is 56.6 Å². The molecule has 2 aliphatic rings. The summed E-state index contributed by atoms with van der Waals surface area (Å²) in [5, 5.41) is 25.5. The minimum absolute atomic E-state index is 0.00732. The molecule has 4 aromatic rings. The number of nitrogens with one attached hydrogen (secondary N) is 2. The average molecular weight is 961 g/mol. The summed E-state index contributed by atoms with van der Waals surface area (Å²) in [6.07, 6.45) is 4.16. The largest absolute Gasteiger partial charge is 0.494 e.